The van der Waals surface area contributed by atoms with Gasteiger partial charge in [-0.15, -0.1) is 0 Å². The summed E-state index contributed by atoms with van der Waals surface area (Å²) in [7, 11) is 0. The van der Waals surface area contributed by atoms with Crippen molar-refractivity contribution in [2.75, 3.05) is 13.1 Å². The first-order chi connectivity index (χ1) is 13.3. The lowest BCUT2D eigenvalue weighted by molar-refractivity contribution is -0.193. The summed E-state index contributed by atoms with van der Waals surface area (Å²) in [5.41, 5.74) is 0.804. The molecule has 0 aliphatic carbocycles. The summed E-state index contributed by atoms with van der Waals surface area (Å²) >= 11 is 0. The quantitative estimate of drug-likeness (QED) is 0.546. The van der Waals surface area contributed by atoms with E-state index in [-0.39, 0.29) is 19.7 Å². The molecule has 0 spiro atoms. The summed E-state index contributed by atoms with van der Waals surface area (Å²) in [6, 6.07) is 9.11. The maximum Gasteiger partial charge on any atom is 0.410 e. The predicted octanol–water partition coefficient (Wildman–Crippen LogP) is 1.43. The second-order valence-corrected chi connectivity index (χ2v) is 6.31. The highest BCUT2D eigenvalue weighted by Crippen LogP contribution is 2.22. The Morgan fingerprint density at radius 1 is 0.857 bits per heavy atom. The largest absolute Gasteiger partial charge is 0.457 e. The number of hydrogen-bond donors (Lipinski definition) is 0. The van der Waals surface area contributed by atoms with Crippen LogP contribution >= 0.6 is 0 Å². The maximum atomic E-state index is 12.5. The van der Waals surface area contributed by atoms with E-state index < -0.39 is 42.3 Å². The van der Waals surface area contributed by atoms with Crippen LogP contribution in [0, 0.1) is 0 Å². The van der Waals surface area contributed by atoms with Crippen LogP contribution in [0.25, 0.3) is 0 Å². The van der Waals surface area contributed by atoms with Crippen LogP contribution in [0.15, 0.2) is 30.3 Å². The fraction of sp³-hybridized carbons (Fsp3) is 0.474. The lowest BCUT2D eigenvalue weighted by Gasteiger charge is -2.40. The van der Waals surface area contributed by atoms with Crippen molar-refractivity contribution in [1.82, 2.24) is 4.90 Å². The summed E-state index contributed by atoms with van der Waals surface area (Å²) in [5, 5.41) is 0. The zero-order valence-corrected chi connectivity index (χ0v) is 16.0. The Hall–Kier alpha value is -3.10. The molecule has 1 aromatic rings. The molecule has 1 aliphatic rings. The van der Waals surface area contributed by atoms with Crippen LogP contribution in [-0.2, 0) is 39.9 Å². The van der Waals surface area contributed by atoms with Gasteiger partial charge in [0, 0.05) is 20.8 Å². The highest BCUT2D eigenvalue weighted by molar-refractivity contribution is 5.70. The van der Waals surface area contributed by atoms with Gasteiger partial charge >= 0.3 is 24.0 Å². The molecule has 28 heavy (non-hydrogen) atoms. The Bertz CT molecular complexity index is 694. The fourth-order valence-electron chi connectivity index (χ4n) is 2.89. The Morgan fingerprint density at radius 3 is 1.82 bits per heavy atom. The number of piperidine rings is 1. The molecule has 9 heteroatoms. The third-order valence-corrected chi connectivity index (χ3v) is 3.93. The second-order valence-electron chi connectivity index (χ2n) is 6.31. The number of hydrogen-bond acceptors (Lipinski definition) is 8. The Balaban J connectivity index is 2.13. The number of rotatable bonds is 5. The zero-order chi connectivity index (χ0) is 20.7. The Morgan fingerprint density at radius 2 is 1.36 bits per heavy atom. The van der Waals surface area contributed by atoms with Gasteiger partial charge in [-0.3, -0.25) is 14.4 Å². The lowest BCUT2D eigenvalue weighted by Crippen LogP contribution is -2.60. The average Bonchev–Trinajstić information content (AvgIpc) is 2.61. The molecule has 0 bridgehead atoms. The van der Waals surface area contributed by atoms with Crippen molar-refractivity contribution in [3.63, 3.8) is 0 Å². The minimum absolute atomic E-state index is 0.0556. The minimum atomic E-state index is -1.02. The number of ether oxygens (including phenoxy) is 4. The molecule has 1 amide bonds. The Labute approximate surface area is 162 Å². The van der Waals surface area contributed by atoms with E-state index >= 15 is 0 Å². The van der Waals surface area contributed by atoms with Gasteiger partial charge in [0.15, 0.2) is 18.3 Å². The van der Waals surface area contributed by atoms with Gasteiger partial charge in [0.25, 0.3) is 0 Å². The highest BCUT2D eigenvalue weighted by atomic mass is 16.6. The van der Waals surface area contributed by atoms with Crippen LogP contribution in [0.2, 0.25) is 0 Å². The number of carbonyl (C=O) groups is 4. The van der Waals surface area contributed by atoms with Gasteiger partial charge in [-0.25, -0.2) is 4.79 Å². The van der Waals surface area contributed by atoms with Crippen molar-refractivity contribution in [2.45, 2.75) is 45.7 Å². The van der Waals surface area contributed by atoms with Crippen molar-refractivity contribution in [1.29, 1.82) is 0 Å². The first-order valence-electron chi connectivity index (χ1n) is 8.73. The zero-order valence-electron chi connectivity index (χ0n) is 16.0. The van der Waals surface area contributed by atoms with Crippen molar-refractivity contribution in [2.24, 2.45) is 0 Å². The highest BCUT2D eigenvalue weighted by Gasteiger charge is 2.45. The van der Waals surface area contributed by atoms with Crippen LogP contribution in [0.4, 0.5) is 4.79 Å². The lowest BCUT2D eigenvalue weighted by atomic mass is 10.0. The monoisotopic (exact) mass is 393 g/mol. The SMILES string of the molecule is CC(=O)OC1[C@@H](OC(C)=O)CN(C(=O)OCc2ccccc2)C[C@H]1OC(C)=O. The van der Waals surface area contributed by atoms with Gasteiger partial charge < -0.3 is 23.8 Å². The summed E-state index contributed by atoms with van der Waals surface area (Å²) in [6.07, 6.45) is -3.68. The van der Waals surface area contributed by atoms with Gasteiger partial charge in [-0.2, -0.15) is 0 Å². The molecule has 1 heterocycles. The van der Waals surface area contributed by atoms with E-state index in [0.717, 1.165) is 5.56 Å². The van der Waals surface area contributed by atoms with Crippen molar-refractivity contribution in [3.05, 3.63) is 35.9 Å². The minimum Gasteiger partial charge on any atom is -0.457 e. The molecule has 1 fully saturated rings. The number of carbonyl (C=O) groups excluding carboxylic acids is 4. The maximum absolute atomic E-state index is 12.5. The summed E-state index contributed by atoms with van der Waals surface area (Å²) < 4.78 is 20.9. The molecule has 0 N–H and O–H groups in total. The molecule has 2 rings (SSSR count). The molecule has 1 aliphatic heterocycles. The second kappa shape index (κ2) is 9.72. The molecule has 1 unspecified atom stereocenters. The van der Waals surface area contributed by atoms with E-state index in [1.54, 1.807) is 0 Å². The first-order valence-corrected chi connectivity index (χ1v) is 8.73. The average molecular weight is 393 g/mol. The molecule has 0 saturated carbocycles. The molecule has 3 atom stereocenters. The van der Waals surface area contributed by atoms with Crippen molar-refractivity contribution < 1.29 is 38.1 Å². The number of likely N-dealkylation sites (tertiary alicyclic amines) is 1. The van der Waals surface area contributed by atoms with E-state index in [2.05, 4.69) is 0 Å². The number of esters is 3. The number of benzene rings is 1. The summed E-state index contributed by atoms with van der Waals surface area (Å²) in [6.45, 7) is 3.50. The van der Waals surface area contributed by atoms with E-state index in [1.165, 1.54) is 25.7 Å². The van der Waals surface area contributed by atoms with Gasteiger partial charge in [-0.05, 0) is 5.56 Å². The molecule has 1 saturated heterocycles. The topological polar surface area (TPSA) is 108 Å². The van der Waals surface area contributed by atoms with Gasteiger partial charge in [0.1, 0.15) is 6.61 Å². The van der Waals surface area contributed by atoms with Crippen LogP contribution in [-0.4, -0.2) is 60.3 Å². The smallest absolute Gasteiger partial charge is 0.410 e. The molecule has 9 nitrogen and oxygen atoms in total. The van der Waals surface area contributed by atoms with Crippen LogP contribution < -0.4 is 0 Å². The molecular formula is C19H23NO8. The van der Waals surface area contributed by atoms with Crippen molar-refractivity contribution >= 4 is 24.0 Å². The molecule has 0 radical (unpaired) electrons. The Kier molecular flexibility index (Phi) is 7.36. The van der Waals surface area contributed by atoms with E-state index in [9.17, 15) is 19.2 Å². The molecule has 0 aromatic heterocycles. The summed E-state index contributed by atoms with van der Waals surface area (Å²) in [4.78, 5) is 48.1. The van der Waals surface area contributed by atoms with Crippen LogP contribution in [0.5, 0.6) is 0 Å². The molecule has 1 aromatic carbocycles. The van der Waals surface area contributed by atoms with E-state index in [1.807, 2.05) is 30.3 Å². The van der Waals surface area contributed by atoms with Crippen LogP contribution in [0.3, 0.4) is 0 Å². The third-order valence-electron chi connectivity index (χ3n) is 3.93. The number of amides is 1. The first kappa shape index (κ1) is 21.2. The summed E-state index contributed by atoms with van der Waals surface area (Å²) in [5.74, 6) is -1.87. The van der Waals surface area contributed by atoms with Gasteiger partial charge in [0.05, 0.1) is 13.1 Å². The van der Waals surface area contributed by atoms with Gasteiger partial charge in [0.2, 0.25) is 0 Å². The standard InChI is InChI=1S/C19H23NO8/c1-12(21)26-16-9-20(19(24)25-11-15-7-5-4-6-8-15)10-17(27-13(2)22)18(16)28-14(3)23/h4-8,16-18H,9-11H2,1-3H3/t16-,17+,18?. The van der Waals surface area contributed by atoms with E-state index in [4.69, 9.17) is 18.9 Å². The molecular weight excluding hydrogens is 370 g/mol. The number of nitrogens with zero attached hydrogens (tertiary/aromatic N) is 1. The molecule has 152 valence electrons. The van der Waals surface area contributed by atoms with Crippen molar-refractivity contribution in [3.8, 4) is 0 Å². The van der Waals surface area contributed by atoms with Crippen LogP contribution in [0.1, 0.15) is 26.3 Å². The fourth-order valence-corrected chi connectivity index (χ4v) is 2.89. The normalized spacial score (nSPS) is 21.4. The third kappa shape index (κ3) is 6.26. The van der Waals surface area contributed by atoms with Gasteiger partial charge in [-0.1, -0.05) is 30.3 Å². The predicted molar refractivity (Wildman–Crippen MR) is 94.9 cm³/mol. The van der Waals surface area contributed by atoms with E-state index in [0.29, 0.717) is 0 Å².